The second kappa shape index (κ2) is 8.05. The molecule has 0 bridgehead atoms. The van der Waals surface area contributed by atoms with Gasteiger partial charge >= 0.3 is 0 Å². The molecule has 7 heteroatoms. The van der Waals surface area contributed by atoms with E-state index in [1.807, 2.05) is 18.2 Å². The zero-order valence-corrected chi connectivity index (χ0v) is 13.7. The summed E-state index contributed by atoms with van der Waals surface area (Å²) in [5.41, 5.74) is 6.00. The van der Waals surface area contributed by atoms with Crippen molar-refractivity contribution in [3.05, 3.63) is 46.8 Å². The molecule has 2 aromatic rings. The molecule has 3 rings (SSSR count). The Morgan fingerprint density at radius 3 is 2.91 bits per heavy atom. The molecule has 23 heavy (non-hydrogen) atoms. The predicted octanol–water partition coefficient (Wildman–Crippen LogP) is 1.94. The highest BCUT2D eigenvalue weighted by Crippen LogP contribution is 2.26. The number of guanidine groups is 1. The van der Waals surface area contributed by atoms with Gasteiger partial charge in [-0.25, -0.2) is 4.98 Å². The lowest BCUT2D eigenvalue weighted by atomic mass is 10.2. The molecule has 1 aliphatic heterocycles. The Hall–Kier alpha value is -1.96. The molecule has 1 saturated heterocycles. The number of hydrogen-bond donors (Lipinski definition) is 2. The topological polar surface area (TPSA) is 75.8 Å². The van der Waals surface area contributed by atoms with Crippen LogP contribution in [0.15, 0.2) is 46.9 Å². The fraction of sp³-hybridized carbons (Fsp3) is 0.375. The lowest BCUT2D eigenvalue weighted by Crippen LogP contribution is -2.40. The maximum atomic E-state index is 6.00. The zero-order valence-electron chi connectivity index (χ0n) is 12.9. The van der Waals surface area contributed by atoms with Crippen molar-refractivity contribution < 1.29 is 4.74 Å². The molecule has 0 amide bonds. The summed E-state index contributed by atoms with van der Waals surface area (Å²) in [6, 6.07) is 10.1. The van der Waals surface area contributed by atoms with Crippen LogP contribution in [0.4, 0.5) is 5.82 Å². The van der Waals surface area contributed by atoms with E-state index in [0.717, 1.165) is 26.3 Å². The zero-order chi connectivity index (χ0) is 15.9. The van der Waals surface area contributed by atoms with E-state index in [0.29, 0.717) is 18.3 Å². The molecule has 122 valence electrons. The number of aromatic nitrogens is 1. The van der Waals surface area contributed by atoms with Crippen molar-refractivity contribution >= 4 is 23.1 Å². The molecule has 0 saturated carbocycles. The summed E-state index contributed by atoms with van der Waals surface area (Å²) in [6.07, 6.45) is 1.72. The molecule has 0 aliphatic carbocycles. The van der Waals surface area contributed by atoms with Gasteiger partial charge in [0.25, 0.3) is 0 Å². The van der Waals surface area contributed by atoms with Gasteiger partial charge in [-0.1, -0.05) is 12.1 Å². The molecule has 1 atom stereocenters. The molecule has 3 N–H and O–H groups in total. The standard InChI is InChI=1S/C16H21N5OS/c17-16(20-15-5-1-2-6-18-15)19-12-13(14-4-3-11-23-14)21-7-9-22-10-8-21/h1-6,11,13H,7-10,12H2,(H3,17,18,19,20). The fourth-order valence-electron chi connectivity index (χ4n) is 2.55. The minimum absolute atomic E-state index is 0.239. The Kier molecular flexibility index (Phi) is 5.57. The molecular weight excluding hydrogens is 310 g/mol. The van der Waals surface area contributed by atoms with Crippen LogP contribution < -0.4 is 11.1 Å². The van der Waals surface area contributed by atoms with Crippen LogP contribution in [-0.4, -0.2) is 48.7 Å². The van der Waals surface area contributed by atoms with E-state index in [9.17, 15) is 0 Å². The normalized spacial score (nSPS) is 17.8. The van der Waals surface area contributed by atoms with Crippen LogP contribution in [0, 0.1) is 0 Å². The minimum Gasteiger partial charge on any atom is -0.379 e. The number of ether oxygens (including phenoxy) is 1. The predicted molar refractivity (Wildman–Crippen MR) is 93.8 cm³/mol. The SMILES string of the molecule is NC(=NCC(c1cccs1)N1CCOCC1)Nc1ccccn1. The van der Waals surface area contributed by atoms with E-state index < -0.39 is 0 Å². The number of aliphatic imine (C=N–C) groups is 1. The largest absolute Gasteiger partial charge is 0.379 e. The average Bonchev–Trinajstić information content (AvgIpc) is 3.11. The van der Waals surface area contributed by atoms with E-state index in [-0.39, 0.29) is 6.04 Å². The Bertz CT molecular complexity index is 611. The first-order chi connectivity index (χ1) is 11.3. The summed E-state index contributed by atoms with van der Waals surface area (Å²) in [5, 5.41) is 5.12. The summed E-state index contributed by atoms with van der Waals surface area (Å²) in [7, 11) is 0. The van der Waals surface area contributed by atoms with E-state index >= 15 is 0 Å². The van der Waals surface area contributed by atoms with Gasteiger partial charge in [-0.05, 0) is 23.6 Å². The van der Waals surface area contributed by atoms with Crippen LogP contribution >= 0.6 is 11.3 Å². The number of nitrogens with zero attached hydrogens (tertiary/aromatic N) is 3. The lowest BCUT2D eigenvalue weighted by molar-refractivity contribution is 0.0187. The second-order valence-corrected chi connectivity index (χ2v) is 6.22. The number of nitrogens with two attached hydrogens (primary N) is 1. The second-order valence-electron chi connectivity index (χ2n) is 5.25. The van der Waals surface area contributed by atoms with E-state index in [2.05, 4.69) is 37.7 Å². The van der Waals surface area contributed by atoms with Gasteiger partial charge < -0.3 is 15.8 Å². The maximum Gasteiger partial charge on any atom is 0.194 e. The Balaban J connectivity index is 1.67. The summed E-state index contributed by atoms with van der Waals surface area (Å²) < 4.78 is 5.45. The van der Waals surface area contributed by atoms with Crippen LogP contribution in [0.3, 0.4) is 0 Å². The third-order valence-corrected chi connectivity index (χ3v) is 4.69. The van der Waals surface area contributed by atoms with Crippen molar-refractivity contribution in [2.45, 2.75) is 6.04 Å². The van der Waals surface area contributed by atoms with Crippen molar-refractivity contribution in [3.8, 4) is 0 Å². The van der Waals surface area contributed by atoms with Crippen molar-refractivity contribution in [1.82, 2.24) is 9.88 Å². The smallest absolute Gasteiger partial charge is 0.194 e. The van der Waals surface area contributed by atoms with Gasteiger partial charge in [-0.15, -0.1) is 11.3 Å². The number of rotatable bonds is 5. The van der Waals surface area contributed by atoms with Crippen molar-refractivity contribution in [2.75, 3.05) is 38.2 Å². The van der Waals surface area contributed by atoms with E-state index in [1.165, 1.54) is 4.88 Å². The third kappa shape index (κ3) is 4.51. The number of nitrogens with one attached hydrogen (secondary N) is 1. The van der Waals surface area contributed by atoms with Gasteiger partial charge in [0.1, 0.15) is 5.82 Å². The molecule has 0 aromatic carbocycles. The van der Waals surface area contributed by atoms with Crippen LogP contribution in [0.25, 0.3) is 0 Å². The first kappa shape index (κ1) is 15.9. The molecule has 1 aliphatic rings. The van der Waals surface area contributed by atoms with Crippen LogP contribution in [-0.2, 0) is 4.74 Å². The van der Waals surface area contributed by atoms with Crippen LogP contribution in [0.5, 0.6) is 0 Å². The minimum atomic E-state index is 0.239. The fourth-order valence-corrected chi connectivity index (χ4v) is 3.40. The molecule has 3 heterocycles. The molecular formula is C16H21N5OS. The number of hydrogen-bond acceptors (Lipinski definition) is 5. The first-order valence-electron chi connectivity index (χ1n) is 7.66. The van der Waals surface area contributed by atoms with Gasteiger partial charge in [-0.2, -0.15) is 0 Å². The third-order valence-electron chi connectivity index (χ3n) is 3.71. The lowest BCUT2D eigenvalue weighted by Gasteiger charge is -2.33. The van der Waals surface area contributed by atoms with Crippen LogP contribution in [0.1, 0.15) is 10.9 Å². The van der Waals surface area contributed by atoms with Crippen molar-refractivity contribution in [2.24, 2.45) is 10.7 Å². The van der Waals surface area contributed by atoms with Gasteiger partial charge in [0.15, 0.2) is 5.96 Å². The molecule has 1 unspecified atom stereocenters. The Morgan fingerprint density at radius 2 is 2.22 bits per heavy atom. The van der Waals surface area contributed by atoms with Gasteiger partial charge in [0.05, 0.1) is 25.8 Å². The summed E-state index contributed by atoms with van der Waals surface area (Å²) in [5.74, 6) is 1.09. The Morgan fingerprint density at radius 1 is 1.35 bits per heavy atom. The van der Waals surface area contributed by atoms with E-state index in [1.54, 1.807) is 17.5 Å². The molecule has 1 fully saturated rings. The highest BCUT2D eigenvalue weighted by molar-refractivity contribution is 7.10. The number of morpholine rings is 1. The highest BCUT2D eigenvalue weighted by Gasteiger charge is 2.23. The average molecular weight is 331 g/mol. The Labute approximate surface area is 140 Å². The van der Waals surface area contributed by atoms with Gasteiger partial charge in [0, 0.05) is 24.2 Å². The quantitative estimate of drug-likeness (QED) is 0.647. The number of pyridine rings is 1. The van der Waals surface area contributed by atoms with Crippen molar-refractivity contribution in [3.63, 3.8) is 0 Å². The molecule has 6 nitrogen and oxygen atoms in total. The van der Waals surface area contributed by atoms with Crippen LogP contribution in [0.2, 0.25) is 0 Å². The molecule has 0 radical (unpaired) electrons. The highest BCUT2D eigenvalue weighted by atomic mass is 32.1. The maximum absolute atomic E-state index is 6.00. The number of thiophene rings is 1. The van der Waals surface area contributed by atoms with Gasteiger partial charge in [0.2, 0.25) is 0 Å². The van der Waals surface area contributed by atoms with Crippen molar-refractivity contribution in [1.29, 1.82) is 0 Å². The summed E-state index contributed by atoms with van der Waals surface area (Å²) in [6.45, 7) is 4.00. The first-order valence-corrected chi connectivity index (χ1v) is 8.54. The molecule has 0 spiro atoms. The summed E-state index contributed by atoms with van der Waals surface area (Å²) >= 11 is 1.76. The molecule has 2 aromatic heterocycles. The monoisotopic (exact) mass is 331 g/mol. The number of anilines is 1. The summed E-state index contributed by atoms with van der Waals surface area (Å²) in [4.78, 5) is 12.4. The van der Waals surface area contributed by atoms with Gasteiger partial charge in [-0.3, -0.25) is 9.89 Å². The van der Waals surface area contributed by atoms with E-state index in [4.69, 9.17) is 10.5 Å².